The van der Waals surface area contributed by atoms with Gasteiger partial charge in [0.05, 0.1) is 5.56 Å². The molecule has 1 aromatic heterocycles. The van der Waals surface area contributed by atoms with Gasteiger partial charge in [-0.15, -0.1) is 0 Å². The Balaban J connectivity index is 0.00000162. The summed E-state index contributed by atoms with van der Waals surface area (Å²) in [4.78, 5) is 11.8. The highest BCUT2D eigenvalue weighted by atomic mass is 35.5. The Morgan fingerprint density at radius 1 is 1.11 bits per heavy atom. The van der Waals surface area contributed by atoms with Crippen LogP contribution in [0.1, 0.15) is 10.4 Å². The molecule has 0 fully saturated rings. The maximum absolute atomic E-state index is 13.3. The van der Waals surface area contributed by atoms with Crippen molar-refractivity contribution in [2.24, 2.45) is 0 Å². The van der Waals surface area contributed by atoms with Crippen molar-refractivity contribution in [2.45, 2.75) is 6.54 Å². The molecule has 1 aromatic carbocycles. The lowest BCUT2D eigenvalue weighted by Gasteiger charge is -2.00. The fourth-order valence-electron chi connectivity index (χ4n) is 1.51. The number of hydrogen-bond acceptors (Lipinski definition) is 1. The minimum Gasteiger partial charge on any atom is -1.00 e. The molecule has 0 aliphatic carbocycles. The summed E-state index contributed by atoms with van der Waals surface area (Å²) < 4.78 is 27.6. The van der Waals surface area contributed by atoms with E-state index in [0.29, 0.717) is 6.07 Å². The molecule has 0 unspecified atom stereocenters. The molecule has 0 spiro atoms. The molecule has 0 aliphatic rings. The molecule has 0 amide bonds. The van der Waals surface area contributed by atoms with Crippen LogP contribution < -0.4 is 17.0 Å². The molecule has 2 nitrogen and oxygen atoms in total. The first-order valence-electron chi connectivity index (χ1n) is 5.09. The predicted molar refractivity (Wildman–Crippen MR) is 57.3 cm³/mol. The minimum atomic E-state index is -0.827. The standard InChI is InChI=1S/C13H10F2NO.ClH/c14-10-4-5-11(12(15)8-10)13(17)9-16-6-2-1-3-7-16;/h1-8H,9H2;1H/q+1;/p-1. The molecule has 0 bridgehead atoms. The fourth-order valence-corrected chi connectivity index (χ4v) is 1.51. The number of carbonyl (C=O) groups excluding carboxylic acids is 1. The van der Waals surface area contributed by atoms with Crippen molar-refractivity contribution in [3.63, 3.8) is 0 Å². The molecular weight excluding hydrogens is 260 g/mol. The topological polar surface area (TPSA) is 20.9 Å². The van der Waals surface area contributed by atoms with E-state index in [0.717, 1.165) is 12.1 Å². The second kappa shape index (κ2) is 6.21. The molecule has 0 atom stereocenters. The Morgan fingerprint density at radius 2 is 1.78 bits per heavy atom. The zero-order chi connectivity index (χ0) is 12.3. The Kier molecular flexibility index (Phi) is 4.92. The zero-order valence-corrected chi connectivity index (χ0v) is 10.1. The van der Waals surface area contributed by atoms with E-state index in [-0.39, 0.29) is 24.5 Å². The van der Waals surface area contributed by atoms with Gasteiger partial charge in [0.25, 0.3) is 0 Å². The first-order chi connectivity index (χ1) is 8.16. The molecule has 5 heteroatoms. The maximum atomic E-state index is 13.3. The molecule has 0 aliphatic heterocycles. The van der Waals surface area contributed by atoms with Crippen molar-refractivity contribution in [3.05, 3.63) is 66.0 Å². The number of aromatic nitrogens is 1. The third-order valence-electron chi connectivity index (χ3n) is 2.34. The molecule has 2 aromatic rings. The van der Waals surface area contributed by atoms with E-state index in [1.54, 1.807) is 29.1 Å². The summed E-state index contributed by atoms with van der Waals surface area (Å²) in [5.41, 5.74) is -0.0947. The van der Waals surface area contributed by atoms with Crippen LogP contribution >= 0.6 is 0 Å². The molecule has 0 radical (unpaired) electrons. The third-order valence-corrected chi connectivity index (χ3v) is 2.34. The average molecular weight is 270 g/mol. The number of hydrogen-bond donors (Lipinski definition) is 0. The highest BCUT2D eigenvalue weighted by Gasteiger charge is 2.16. The van der Waals surface area contributed by atoms with E-state index < -0.39 is 17.4 Å². The van der Waals surface area contributed by atoms with Crippen LogP contribution in [0.4, 0.5) is 8.78 Å². The minimum absolute atomic E-state index is 0. The van der Waals surface area contributed by atoms with Gasteiger partial charge in [-0.25, -0.2) is 8.78 Å². The number of Topliss-reactive ketones (excluding diaryl/α,β-unsaturated/α-hetero) is 1. The van der Waals surface area contributed by atoms with Gasteiger partial charge in [0.2, 0.25) is 12.3 Å². The molecule has 94 valence electrons. The van der Waals surface area contributed by atoms with Gasteiger partial charge in [-0.2, -0.15) is 4.57 Å². The van der Waals surface area contributed by atoms with E-state index in [2.05, 4.69) is 0 Å². The van der Waals surface area contributed by atoms with Crippen molar-refractivity contribution in [2.75, 3.05) is 0 Å². The fraction of sp³-hybridized carbons (Fsp3) is 0.0769. The predicted octanol–water partition coefficient (Wildman–Crippen LogP) is -0.861. The van der Waals surface area contributed by atoms with Crippen molar-refractivity contribution < 1.29 is 30.5 Å². The molecule has 0 N–H and O–H groups in total. The van der Waals surface area contributed by atoms with Gasteiger partial charge in [-0.3, -0.25) is 4.79 Å². The van der Waals surface area contributed by atoms with Crippen LogP contribution in [0.3, 0.4) is 0 Å². The van der Waals surface area contributed by atoms with Crippen LogP contribution in [0.2, 0.25) is 0 Å². The van der Waals surface area contributed by atoms with Gasteiger partial charge in [0.1, 0.15) is 11.6 Å². The number of rotatable bonds is 3. The summed E-state index contributed by atoms with van der Waals surface area (Å²) in [5, 5.41) is 0. The zero-order valence-electron chi connectivity index (χ0n) is 9.32. The smallest absolute Gasteiger partial charge is 0.230 e. The van der Waals surface area contributed by atoms with E-state index in [1.165, 1.54) is 0 Å². The highest BCUT2D eigenvalue weighted by molar-refractivity contribution is 5.95. The van der Waals surface area contributed by atoms with Crippen molar-refractivity contribution in [1.82, 2.24) is 0 Å². The van der Waals surface area contributed by atoms with Crippen LogP contribution in [0.15, 0.2) is 48.8 Å². The number of carbonyl (C=O) groups is 1. The number of pyridine rings is 1. The Hall–Kier alpha value is -1.81. The van der Waals surface area contributed by atoms with Crippen molar-refractivity contribution in [3.8, 4) is 0 Å². The number of ketones is 1. The molecule has 0 saturated carbocycles. The summed E-state index contributed by atoms with van der Waals surface area (Å²) in [7, 11) is 0. The molecule has 0 saturated heterocycles. The number of halogens is 3. The maximum Gasteiger partial charge on any atom is 0.230 e. The number of benzene rings is 1. The van der Waals surface area contributed by atoms with Crippen LogP contribution in [-0.2, 0) is 6.54 Å². The largest absolute Gasteiger partial charge is 1.00 e. The average Bonchev–Trinajstić information content (AvgIpc) is 2.30. The third kappa shape index (κ3) is 3.34. The Bertz CT molecular complexity index is 546. The van der Waals surface area contributed by atoms with Crippen LogP contribution in [0.5, 0.6) is 0 Å². The van der Waals surface area contributed by atoms with Gasteiger partial charge >= 0.3 is 0 Å². The normalized spacial score (nSPS) is 9.67. The lowest BCUT2D eigenvalue weighted by atomic mass is 10.1. The van der Waals surface area contributed by atoms with Crippen LogP contribution in [-0.4, -0.2) is 5.78 Å². The van der Waals surface area contributed by atoms with E-state index >= 15 is 0 Å². The summed E-state index contributed by atoms with van der Waals surface area (Å²) in [6, 6.07) is 8.31. The van der Waals surface area contributed by atoms with Gasteiger partial charge in [0, 0.05) is 18.2 Å². The molecule has 2 rings (SSSR count). The lowest BCUT2D eigenvalue weighted by Crippen LogP contribution is -3.00. The van der Waals surface area contributed by atoms with E-state index in [4.69, 9.17) is 0 Å². The van der Waals surface area contributed by atoms with E-state index in [1.807, 2.05) is 6.07 Å². The Morgan fingerprint density at radius 3 is 2.39 bits per heavy atom. The van der Waals surface area contributed by atoms with Gasteiger partial charge in [-0.1, -0.05) is 6.07 Å². The van der Waals surface area contributed by atoms with Crippen molar-refractivity contribution >= 4 is 5.78 Å². The second-order valence-corrected chi connectivity index (χ2v) is 3.60. The van der Waals surface area contributed by atoms with Crippen LogP contribution in [0, 0.1) is 11.6 Å². The van der Waals surface area contributed by atoms with Crippen molar-refractivity contribution in [1.29, 1.82) is 0 Å². The van der Waals surface area contributed by atoms with Gasteiger partial charge in [0.15, 0.2) is 12.4 Å². The first-order valence-corrected chi connectivity index (χ1v) is 5.09. The molecular formula is C13H10ClF2NO. The van der Waals surface area contributed by atoms with Gasteiger partial charge in [-0.05, 0) is 12.1 Å². The first kappa shape index (κ1) is 14.3. The van der Waals surface area contributed by atoms with Gasteiger partial charge < -0.3 is 12.4 Å². The van der Waals surface area contributed by atoms with Crippen LogP contribution in [0.25, 0.3) is 0 Å². The Labute approximate surface area is 109 Å². The summed E-state index contributed by atoms with van der Waals surface area (Å²) in [5.74, 6) is -1.91. The van der Waals surface area contributed by atoms with E-state index in [9.17, 15) is 13.6 Å². The monoisotopic (exact) mass is 269 g/mol. The quantitative estimate of drug-likeness (QED) is 0.525. The second-order valence-electron chi connectivity index (χ2n) is 3.60. The number of nitrogens with zero attached hydrogens (tertiary/aromatic N) is 1. The summed E-state index contributed by atoms with van der Waals surface area (Å²) in [6.07, 6.45) is 3.42. The molecule has 18 heavy (non-hydrogen) atoms. The summed E-state index contributed by atoms with van der Waals surface area (Å²) >= 11 is 0. The lowest BCUT2D eigenvalue weighted by molar-refractivity contribution is -0.683. The summed E-state index contributed by atoms with van der Waals surface area (Å²) in [6.45, 7) is 0.0311. The SMILES string of the molecule is O=C(C[n+]1ccccc1)c1ccc(F)cc1F.[Cl-]. The highest BCUT2D eigenvalue weighted by Crippen LogP contribution is 2.10. The molecule has 1 heterocycles.